The topological polar surface area (TPSA) is 154 Å². The molecule has 4 rings (SSSR count). The van der Waals surface area contributed by atoms with E-state index >= 15 is 0 Å². The van der Waals surface area contributed by atoms with Gasteiger partial charge >= 0.3 is 0 Å². The zero-order chi connectivity index (χ0) is 22.8. The van der Waals surface area contributed by atoms with E-state index in [9.17, 15) is 24.9 Å². The van der Waals surface area contributed by atoms with Gasteiger partial charge in [-0.3, -0.25) is 9.59 Å². The number of phenolic OH excluding ortho intramolecular Hbond substituents is 2. The van der Waals surface area contributed by atoms with Crippen molar-refractivity contribution in [2.75, 3.05) is 68.0 Å². The molecule has 0 radical (unpaired) electrons. The number of aromatic hydroxyl groups is 2. The number of hydrogen-bond acceptors (Lipinski definition) is 10. The van der Waals surface area contributed by atoms with Crippen LogP contribution in [-0.2, 0) is 0 Å². The molecule has 0 atom stereocenters. The number of hydrogen-bond donors (Lipinski definition) is 7. The Balaban J connectivity index is 1.87. The number of nitrogens with one attached hydrogen (secondary N) is 3. The molecular weight excluding hydrogens is 416 g/mol. The summed E-state index contributed by atoms with van der Waals surface area (Å²) in [6.45, 7) is 2.75. The molecule has 0 bridgehead atoms. The minimum atomic E-state index is -0.558. The number of rotatable bonds is 8. The van der Waals surface area contributed by atoms with Crippen molar-refractivity contribution in [1.82, 2.24) is 5.32 Å². The highest BCUT2D eigenvalue weighted by molar-refractivity contribution is 6.34. The summed E-state index contributed by atoms with van der Waals surface area (Å²) in [4.78, 5) is 28.9. The van der Waals surface area contributed by atoms with Gasteiger partial charge in [-0.1, -0.05) is 0 Å². The Morgan fingerprint density at radius 2 is 1.59 bits per heavy atom. The molecule has 0 spiro atoms. The maximum atomic E-state index is 13.5. The number of aliphatic hydroxyl groups is 2. The van der Waals surface area contributed by atoms with Crippen LogP contribution in [-0.4, -0.2) is 84.5 Å². The minimum Gasteiger partial charge on any atom is -0.507 e. The van der Waals surface area contributed by atoms with Crippen LogP contribution in [0.5, 0.6) is 11.5 Å². The van der Waals surface area contributed by atoms with E-state index in [4.69, 9.17) is 5.11 Å². The molecule has 0 saturated carbocycles. The quantitative estimate of drug-likeness (QED) is 0.189. The van der Waals surface area contributed by atoms with E-state index in [-0.39, 0.29) is 47.0 Å². The molecule has 2 aliphatic rings. The van der Waals surface area contributed by atoms with Crippen molar-refractivity contribution in [1.29, 1.82) is 0 Å². The van der Waals surface area contributed by atoms with Crippen LogP contribution in [0.4, 0.5) is 17.1 Å². The van der Waals surface area contributed by atoms with E-state index in [1.165, 1.54) is 12.1 Å². The molecule has 0 saturated heterocycles. The van der Waals surface area contributed by atoms with Crippen LogP contribution >= 0.6 is 0 Å². The molecule has 10 nitrogen and oxygen atoms in total. The van der Waals surface area contributed by atoms with Gasteiger partial charge in [-0.25, -0.2) is 0 Å². The second-order valence-electron chi connectivity index (χ2n) is 7.62. The van der Waals surface area contributed by atoms with Gasteiger partial charge in [0.25, 0.3) is 0 Å². The summed E-state index contributed by atoms with van der Waals surface area (Å²) >= 11 is 0. The summed E-state index contributed by atoms with van der Waals surface area (Å²) in [5.74, 6) is -1.85. The summed E-state index contributed by atoms with van der Waals surface area (Å²) in [5, 5.41) is 48.5. The molecule has 0 fully saturated rings. The number of carbonyl (C=O) groups excluding carboxylic acids is 2. The number of aliphatic hydroxyl groups excluding tert-OH is 2. The SMILES string of the molecule is O=C1c2c(O)ccc(O)c2C(=O)c2c3c(cc(NCCNCCO)c21)N(CCO)CCN3. The summed E-state index contributed by atoms with van der Waals surface area (Å²) in [5.41, 5.74) is 1.38. The Bertz CT molecular complexity index is 1070. The van der Waals surface area contributed by atoms with Crippen molar-refractivity contribution in [2.45, 2.75) is 0 Å². The molecule has 0 amide bonds. The van der Waals surface area contributed by atoms with Crippen LogP contribution in [0.2, 0.25) is 0 Å². The van der Waals surface area contributed by atoms with Crippen LogP contribution in [0.1, 0.15) is 31.8 Å². The number of nitrogens with zero attached hydrogens (tertiary/aromatic N) is 1. The van der Waals surface area contributed by atoms with E-state index in [0.717, 1.165) is 0 Å². The minimum absolute atomic E-state index is 0.00255. The molecule has 0 aromatic heterocycles. The second-order valence-corrected chi connectivity index (χ2v) is 7.62. The number of benzene rings is 2. The lowest BCUT2D eigenvalue weighted by molar-refractivity contribution is 0.0975. The van der Waals surface area contributed by atoms with E-state index in [1.54, 1.807) is 6.07 Å². The normalized spacial score (nSPS) is 14.5. The highest BCUT2D eigenvalue weighted by atomic mass is 16.3. The zero-order valence-electron chi connectivity index (χ0n) is 17.4. The predicted molar refractivity (Wildman–Crippen MR) is 119 cm³/mol. The van der Waals surface area contributed by atoms with Gasteiger partial charge in [-0.05, 0) is 18.2 Å². The van der Waals surface area contributed by atoms with Gasteiger partial charge in [0, 0.05) is 45.0 Å². The van der Waals surface area contributed by atoms with Gasteiger partial charge < -0.3 is 41.3 Å². The first kappa shape index (κ1) is 21.9. The van der Waals surface area contributed by atoms with E-state index in [1.807, 2.05) is 4.90 Å². The third kappa shape index (κ3) is 3.62. The lowest BCUT2D eigenvalue weighted by atomic mass is 9.80. The predicted octanol–water partition coefficient (Wildman–Crippen LogP) is 0.0912. The number of ketones is 2. The highest BCUT2D eigenvalue weighted by Gasteiger charge is 2.40. The largest absolute Gasteiger partial charge is 0.507 e. The first-order chi connectivity index (χ1) is 15.5. The van der Waals surface area contributed by atoms with Gasteiger partial charge in [0.1, 0.15) is 11.5 Å². The molecule has 1 aliphatic heterocycles. The summed E-state index contributed by atoms with van der Waals surface area (Å²) in [6.07, 6.45) is 0. The molecule has 1 aliphatic carbocycles. The fraction of sp³-hybridized carbons (Fsp3) is 0.364. The maximum absolute atomic E-state index is 13.5. The summed E-state index contributed by atoms with van der Waals surface area (Å²) in [6, 6.07) is 4.14. The Kier molecular flexibility index (Phi) is 6.17. The third-order valence-corrected chi connectivity index (χ3v) is 5.68. The van der Waals surface area contributed by atoms with Gasteiger partial charge in [0.05, 0.1) is 46.8 Å². The van der Waals surface area contributed by atoms with Crippen LogP contribution in [0.15, 0.2) is 18.2 Å². The first-order valence-corrected chi connectivity index (χ1v) is 10.5. The molecule has 32 heavy (non-hydrogen) atoms. The number of carbonyl (C=O) groups is 2. The van der Waals surface area contributed by atoms with Crippen molar-refractivity contribution in [3.63, 3.8) is 0 Å². The van der Waals surface area contributed by atoms with Gasteiger partial charge in [0.15, 0.2) is 0 Å². The second kappa shape index (κ2) is 9.03. The standard InChI is InChI=1S/C22H26N4O6/c27-9-6-23-3-4-24-12-11-13-20(25-5-7-26(13)8-10-28)19-16(12)21(31)17-14(29)1-2-15(30)18(17)22(19)32/h1-2,11,23-25,27-30H,3-10H2. The van der Waals surface area contributed by atoms with Crippen LogP contribution < -0.4 is 20.9 Å². The van der Waals surface area contributed by atoms with Gasteiger partial charge in [-0.15, -0.1) is 0 Å². The van der Waals surface area contributed by atoms with Crippen molar-refractivity contribution in [3.05, 3.63) is 40.5 Å². The van der Waals surface area contributed by atoms with Crippen molar-refractivity contribution in [2.24, 2.45) is 0 Å². The van der Waals surface area contributed by atoms with Gasteiger partial charge in [-0.2, -0.15) is 0 Å². The Morgan fingerprint density at radius 1 is 0.906 bits per heavy atom. The van der Waals surface area contributed by atoms with E-state index in [0.29, 0.717) is 56.3 Å². The van der Waals surface area contributed by atoms with Crippen molar-refractivity contribution in [3.8, 4) is 11.5 Å². The molecule has 170 valence electrons. The Morgan fingerprint density at radius 3 is 2.25 bits per heavy atom. The molecule has 1 heterocycles. The fourth-order valence-corrected chi connectivity index (χ4v) is 4.27. The third-order valence-electron chi connectivity index (χ3n) is 5.68. The fourth-order valence-electron chi connectivity index (χ4n) is 4.27. The summed E-state index contributed by atoms with van der Waals surface area (Å²) in [7, 11) is 0. The molecule has 0 unspecified atom stereocenters. The summed E-state index contributed by atoms with van der Waals surface area (Å²) < 4.78 is 0. The molecule has 10 heteroatoms. The molecule has 2 aromatic carbocycles. The number of anilines is 3. The molecular formula is C22H26N4O6. The number of fused-ring (bicyclic) bond motifs is 4. The smallest absolute Gasteiger partial charge is 0.200 e. The highest BCUT2D eigenvalue weighted by Crippen LogP contribution is 2.46. The lowest BCUT2D eigenvalue weighted by Crippen LogP contribution is -2.38. The van der Waals surface area contributed by atoms with Crippen molar-refractivity contribution >= 4 is 28.6 Å². The lowest BCUT2D eigenvalue weighted by Gasteiger charge is -2.35. The van der Waals surface area contributed by atoms with Crippen LogP contribution in [0, 0.1) is 0 Å². The van der Waals surface area contributed by atoms with Crippen LogP contribution in [0.3, 0.4) is 0 Å². The van der Waals surface area contributed by atoms with E-state index < -0.39 is 11.6 Å². The Labute approximate surface area is 184 Å². The number of phenols is 2. The monoisotopic (exact) mass is 442 g/mol. The van der Waals surface area contributed by atoms with Crippen molar-refractivity contribution < 1.29 is 30.0 Å². The first-order valence-electron chi connectivity index (χ1n) is 10.5. The number of β-amino-alcohol motifs (C(OH)–C–C–N with tert-alkyl or cyclic N) is 1. The Hall–Kier alpha value is -3.34. The zero-order valence-corrected chi connectivity index (χ0v) is 17.4. The molecule has 2 aromatic rings. The average Bonchev–Trinajstić information content (AvgIpc) is 2.78. The maximum Gasteiger partial charge on any atom is 0.200 e. The van der Waals surface area contributed by atoms with Crippen LogP contribution in [0.25, 0.3) is 0 Å². The molecule has 7 N–H and O–H groups in total. The average molecular weight is 442 g/mol. The van der Waals surface area contributed by atoms with Gasteiger partial charge in [0.2, 0.25) is 11.6 Å². The van der Waals surface area contributed by atoms with E-state index in [2.05, 4.69) is 16.0 Å².